The van der Waals surface area contributed by atoms with E-state index < -0.39 is 0 Å². The molecule has 0 saturated heterocycles. The molecule has 1 aromatic rings. The second-order valence-electron chi connectivity index (χ2n) is 4.84. The lowest BCUT2D eigenvalue weighted by molar-refractivity contribution is -0.0734. The molecule has 1 aliphatic rings. The van der Waals surface area contributed by atoms with E-state index in [0.29, 0.717) is 12.6 Å². The van der Waals surface area contributed by atoms with Crippen LogP contribution in [0, 0.1) is 5.41 Å². The van der Waals surface area contributed by atoms with Gasteiger partial charge in [0.2, 0.25) is 0 Å². The van der Waals surface area contributed by atoms with Gasteiger partial charge in [0.1, 0.15) is 5.76 Å². The van der Waals surface area contributed by atoms with Crippen molar-refractivity contribution in [3.8, 4) is 0 Å². The Balaban J connectivity index is 1.89. The van der Waals surface area contributed by atoms with Crippen molar-refractivity contribution < 1.29 is 9.52 Å². The van der Waals surface area contributed by atoms with Crippen LogP contribution in [0.1, 0.15) is 26.0 Å². The maximum Gasteiger partial charge on any atom is 0.183 e. The van der Waals surface area contributed by atoms with E-state index in [2.05, 4.69) is 51.0 Å². The van der Waals surface area contributed by atoms with Crippen molar-refractivity contribution in [1.29, 1.82) is 0 Å². The summed E-state index contributed by atoms with van der Waals surface area (Å²) in [5, 5.41) is 13.0. The Labute approximate surface area is 112 Å². The summed E-state index contributed by atoms with van der Waals surface area (Å²) in [6.07, 6.45) is 0.621. The van der Waals surface area contributed by atoms with Crippen molar-refractivity contribution in [2.45, 2.75) is 39.0 Å². The molecule has 0 radical (unpaired) electrons. The van der Waals surface area contributed by atoms with Crippen molar-refractivity contribution in [2.24, 2.45) is 5.41 Å². The number of hydrogen-bond acceptors (Lipinski definition) is 3. The van der Waals surface area contributed by atoms with E-state index in [1.165, 1.54) is 0 Å². The van der Waals surface area contributed by atoms with Gasteiger partial charge in [-0.3, -0.25) is 0 Å². The summed E-state index contributed by atoms with van der Waals surface area (Å²) in [4.78, 5) is 0. The van der Waals surface area contributed by atoms with E-state index in [1.54, 1.807) is 0 Å². The third kappa shape index (κ3) is 2.23. The van der Waals surface area contributed by atoms with Crippen LogP contribution in [0.5, 0.6) is 0 Å². The smallest absolute Gasteiger partial charge is 0.183 e. The summed E-state index contributed by atoms with van der Waals surface area (Å²) >= 11 is 6.68. The molecule has 2 atom stereocenters. The predicted molar refractivity (Wildman–Crippen MR) is 69.1 cm³/mol. The number of hydrogen-bond donors (Lipinski definition) is 2. The lowest BCUT2D eigenvalue weighted by Gasteiger charge is -2.49. The Morgan fingerprint density at radius 2 is 2.25 bits per heavy atom. The van der Waals surface area contributed by atoms with E-state index in [9.17, 15) is 5.11 Å². The Morgan fingerprint density at radius 1 is 1.56 bits per heavy atom. The van der Waals surface area contributed by atoms with Gasteiger partial charge in [-0.05, 0) is 44.3 Å². The van der Waals surface area contributed by atoms with E-state index >= 15 is 0 Å². The molecule has 1 heterocycles. The lowest BCUT2D eigenvalue weighted by atomic mass is 9.64. The molecule has 5 heteroatoms. The molecule has 0 amide bonds. The van der Waals surface area contributed by atoms with Gasteiger partial charge in [0, 0.05) is 11.5 Å². The Hall–Kier alpha value is 0.160. The summed E-state index contributed by atoms with van der Waals surface area (Å²) in [6, 6.07) is 2.30. The fraction of sp³-hybridized carbons (Fsp3) is 0.636. The van der Waals surface area contributed by atoms with Crippen LogP contribution in [0.15, 0.2) is 19.6 Å². The number of rotatable bonds is 3. The summed E-state index contributed by atoms with van der Waals surface area (Å²) in [6.45, 7) is 4.84. The van der Waals surface area contributed by atoms with Gasteiger partial charge in [0.25, 0.3) is 0 Å². The fourth-order valence-electron chi connectivity index (χ4n) is 1.95. The highest BCUT2D eigenvalue weighted by atomic mass is 79.9. The molecular formula is C11H15Br2NO2. The van der Waals surface area contributed by atoms with Crippen LogP contribution >= 0.6 is 31.9 Å². The molecule has 0 spiro atoms. The molecule has 90 valence electrons. The van der Waals surface area contributed by atoms with Gasteiger partial charge < -0.3 is 14.8 Å². The van der Waals surface area contributed by atoms with Gasteiger partial charge >= 0.3 is 0 Å². The zero-order valence-electron chi connectivity index (χ0n) is 9.26. The molecule has 3 nitrogen and oxygen atoms in total. The van der Waals surface area contributed by atoms with Crippen molar-refractivity contribution in [1.82, 2.24) is 5.32 Å². The number of furan rings is 1. The predicted octanol–water partition coefficient (Wildman–Crippen LogP) is 3.05. The van der Waals surface area contributed by atoms with Gasteiger partial charge in [-0.15, -0.1) is 0 Å². The van der Waals surface area contributed by atoms with Gasteiger partial charge in [-0.25, -0.2) is 0 Å². The van der Waals surface area contributed by atoms with Gasteiger partial charge in [-0.1, -0.05) is 13.8 Å². The Bertz CT molecular complexity index is 370. The standard InChI is InChI=1S/C11H15Br2NO2/c1-11(2)8(4-9(11)15)14-5-6-3-7(12)10(13)16-6/h3,8-9,14-15H,4-5H2,1-2H3. The second-order valence-corrected chi connectivity index (χ2v) is 6.42. The molecule has 2 rings (SSSR count). The first-order valence-electron chi connectivity index (χ1n) is 5.26. The van der Waals surface area contributed by atoms with Crippen molar-refractivity contribution in [2.75, 3.05) is 0 Å². The van der Waals surface area contributed by atoms with E-state index in [-0.39, 0.29) is 11.5 Å². The minimum Gasteiger partial charge on any atom is -0.452 e. The van der Waals surface area contributed by atoms with Crippen LogP contribution in [-0.2, 0) is 6.54 Å². The van der Waals surface area contributed by atoms with Crippen LogP contribution in [0.3, 0.4) is 0 Å². The second kappa shape index (κ2) is 4.44. The number of nitrogens with one attached hydrogen (secondary N) is 1. The lowest BCUT2D eigenvalue weighted by Crippen LogP contribution is -2.59. The zero-order chi connectivity index (χ0) is 11.9. The number of aliphatic hydroxyl groups is 1. The first kappa shape index (κ1) is 12.6. The molecule has 0 aromatic carbocycles. The zero-order valence-corrected chi connectivity index (χ0v) is 12.4. The van der Waals surface area contributed by atoms with Crippen molar-refractivity contribution in [3.63, 3.8) is 0 Å². The fourth-order valence-corrected chi connectivity index (χ4v) is 2.61. The van der Waals surface area contributed by atoms with Gasteiger partial charge in [0.05, 0.1) is 17.1 Å². The quantitative estimate of drug-likeness (QED) is 0.878. The molecular weight excluding hydrogens is 338 g/mol. The maximum absolute atomic E-state index is 9.61. The average molecular weight is 353 g/mol. The summed E-state index contributed by atoms with van der Waals surface area (Å²) in [5.41, 5.74) is -0.0406. The molecule has 0 aliphatic heterocycles. The van der Waals surface area contributed by atoms with E-state index in [1.807, 2.05) is 6.07 Å². The largest absolute Gasteiger partial charge is 0.452 e. The first-order chi connectivity index (χ1) is 7.41. The molecule has 2 unspecified atom stereocenters. The highest BCUT2D eigenvalue weighted by molar-refractivity contribution is 9.13. The highest BCUT2D eigenvalue weighted by Gasteiger charge is 2.46. The monoisotopic (exact) mass is 351 g/mol. The molecule has 2 N–H and O–H groups in total. The Kier molecular flexibility index (Phi) is 3.50. The van der Waals surface area contributed by atoms with Gasteiger partial charge in [-0.2, -0.15) is 0 Å². The third-order valence-corrected chi connectivity index (χ3v) is 5.14. The molecule has 0 bridgehead atoms. The first-order valence-corrected chi connectivity index (χ1v) is 6.85. The highest BCUT2D eigenvalue weighted by Crippen LogP contribution is 2.40. The normalized spacial score (nSPS) is 27.8. The molecule has 16 heavy (non-hydrogen) atoms. The van der Waals surface area contributed by atoms with Crippen LogP contribution < -0.4 is 5.32 Å². The van der Waals surface area contributed by atoms with Crippen LogP contribution in [0.4, 0.5) is 0 Å². The molecule has 1 fully saturated rings. The minimum atomic E-state index is -0.194. The van der Waals surface area contributed by atoms with E-state index in [4.69, 9.17) is 4.42 Å². The minimum absolute atomic E-state index is 0.0406. The summed E-state index contributed by atoms with van der Waals surface area (Å²) in [7, 11) is 0. The van der Waals surface area contributed by atoms with Crippen LogP contribution in [0.2, 0.25) is 0 Å². The average Bonchev–Trinajstić information content (AvgIpc) is 2.53. The number of halogens is 2. The summed E-state index contributed by atoms with van der Waals surface area (Å²) in [5.74, 6) is 0.885. The van der Waals surface area contributed by atoms with Crippen LogP contribution in [-0.4, -0.2) is 17.3 Å². The molecule has 1 aromatic heterocycles. The maximum atomic E-state index is 9.61. The van der Waals surface area contributed by atoms with Crippen molar-refractivity contribution in [3.05, 3.63) is 21.0 Å². The molecule has 1 saturated carbocycles. The molecule has 1 aliphatic carbocycles. The van der Waals surface area contributed by atoms with Crippen LogP contribution in [0.25, 0.3) is 0 Å². The van der Waals surface area contributed by atoms with Crippen molar-refractivity contribution >= 4 is 31.9 Å². The third-order valence-electron chi connectivity index (χ3n) is 3.43. The number of aliphatic hydroxyl groups excluding tert-OH is 1. The SMILES string of the molecule is CC1(C)C(O)CC1NCc1cc(Br)c(Br)o1. The summed E-state index contributed by atoms with van der Waals surface area (Å²) < 4.78 is 7.12. The van der Waals surface area contributed by atoms with Gasteiger partial charge in [0.15, 0.2) is 4.67 Å². The Morgan fingerprint density at radius 3 is 2.69 bits per heavy atom. The van der Waals surface area contributed by atoms with E-state index in [0.717, 1.165) is 21.3 Å². The topological polar surface area (TPSA) is 45.4 Å².